The van der Waals surface area contributed by atoms with Crippen molar-refractivity contribution in [3.05, 3.63) is 11.9 Å². The summed E-state index contributed by atoms with van der Waals surface area (Å²) in [5.41, 5.74) is 6.77. The van der Waals surface area contributed by atoms with Gasteiger partial charge in [-0.15, -0.1) is 0 Å². The van der Waals surface area contributed by atoms with E-state index in [1.54, 1.807) is 10.9 Å². The van der Waals surface area contributed by atoms with Crippen molar-refractivity contribution in [2.45, 2.75) is 52.1 Å². The van der Waals surface area contributed by atoms with Gasteiger partial charge in [0.25, 0.3) is 5.91 Å². The third-order valence-electron chi connectivity index (χ3n) is 3.63. The number of carbonyl (C=O) groups excluding carboxylic acids is 1. The lowest BCUT2D eigenvalue weighted by atomic mass is 10.1. The molecule has 0 spiro atoms. The summed E-state index contributed by atoms with van der Waals surface area (Å²) >= 11 is 0. The van der Waals surface area contributed by atoms with Crippen LogP contribution in [0.1, 0.15) is 50.0 Å². The Morgan fingerprint density at radius 1 is 1.50 bits per heavy atom. The van der Waals surface area contributed by atoms with Crippen molar-refractivity contribution in [3.63, 3.8) is 0 Å². The summed E-state index contributed by atoms with van der Waals surface area (Å²) in [6.07, 6.45) is 6.27. The van der Waals surface area contributed by atoms with E-state index in [-0.39, 0.29) is 11.9 Å². The SMILES string of the molecule is CCn1cc(N)c(C(=O)N2CCCCCC2C)n1. The van der Waals surface area contributed by atoms with E-state index in [9.17, 15) is 4.79 Å². The molecule has 1 saturated heterocycles. The van der Waals surface area contributed by atoms with Gasteiger partial charge in [0, 0.05) is 25.3 Å². The van der Waals surface area contributed by atoms with Gasteiger partial charge in [-0.3, -0.25) is 9.48 Å². The molecule has 1 aliphatic rings. The zero-order chi connectivity index (χ0) is 13.1. The Kier molecular flexibility index (Phi) is 3.89. The fourth-order valence-corrected chi connectivity index (χ4v) is 2.48. The number of likely N-dealkylation sites (tertiary alicyclic amines) is 1. The van der Waals surface area contributed by atoms with E-state index in [1.165, 1.54) is 12.8 Å². The van der Waals surface area contributed by atoms with Crippen molar-refractivity contribution >= 4 is 11.6 Å². The molecule has 1 fully saturated rings. The topological polar surface area (TPSA) is 64.2 Å². The molecular formula is C13H22N4O. The lowest BCUT2D eigenvalue weighted by Gasteiger charge is -2.26. The van der Waals surface area contributed by atoms with Crippen LogP contribution in [0.4, 0.5) is 5.69 Å². The highest BCUT2D eigenvalue weighted by Gasteiger charge is 2.26. The maximum Gasteiger partial charge on any atom is 0.276 e. The summed E-state index contributed by atoms with van der Waals surface area (Å²) in [5, 5.41) is 4.27. The fourth-order valence-electron chi connectivity index (χ4n) is 2.48. The number of rotatable bonds is 2. The molecule has 0 saturated carbocycles. The number of hydrogen-bond acceptors (Lipinski definition) is 3. The van der Waals surface area contributed by atoms with Crippen LogP contribution in [-0.4, -0.2) is 33.2 Å². The van der Waals surface area contributed by atoms with E-state index in [4.69, 9.17) is 5.73 Å². The molecule has 1 aromatic rings. The second-order valence-electron chi connectivity index (χ2n) is 4.99. The van der Waals surface area contributed by atoms with Crippen LogP contribution >= 0.6 is 0 Å². The van der Waals surface area contributed by atoms with Crippen LogP contribution in [0.3, 0.4) is 0 Å². The molecule has 100 valence electrons. The number of hydrogen-bond donors (Lipinski definition) is 1. The van der Waals surface area contributed by atoms with E-state index < -0.39 is 0 Å². The Labute approximate surface area is 108 Å². The third kappa shape index (κ3) is 2.49. The zero-order valence-electron chi connectivity index (χ0n) is 11.2. The molecule has 0 aromatic carbocycles. The fraction of sp³-hybridized carbons (Fsp3) is 0.692. The van der Waals surface area contributed by atoms with Crippen LogP contribution < -0.4 is 5.73 Å². The number of carbonyl (C=O) groups is 1. The minimum absolute atomic E-state index is 0.0194. The second kappa shape index (κ2) is 5.42. The molecule has 0 radical (unpaired) electrons. The Hall–Kier alpha value is -1.52. The highest BCUT2D eigenvalue weighted by Crippen LogP contribution is 2.20. The van der Waals surface area contributed by atoms with Gasteiger partial charge in [-0.25, -0.2) is 0 Å². The number of nitrogens with two attached hydrogens (primary N) is 1. The van der Waals surface area contributed by atoms with Gasteiger partial charge in [-0.2, -0.15) is 5.10 Å². The molecule has 0 bridgehead atoms. The summed E-state index contributed by atoms with van der Waals surface area (Å²) in [5.74, 6) is -0.0194. The van der Waals surface area contributed by atoms with Gasteiger partial charge < -0.3 is 10.6 Å². The number of nitrogen functional groups attached to an aromatic ring is 1. The lowest BCUT2D eigenvalue weighted by Crippen LogP contribution is -2.38. The van der Waals surface area contributed by atoms with Crippen LogP contribution in [0.15, 0.2) is 6.20 Å². The molecule has 1 unspecified atom stereocenters. The van der Waals surface area contributed by atoms with Crippen LogP contribution in [0.25, 0.3) is 0 Å². The van der Waals surface area contributed by atoms with Gasteiger partial charge >= 0.3 is 0 Å². The quantitative estimate of drug-likeness (QED) is 0.871. The van der Waals surface area contributed by atoms with Crippen LogP contribution in [0.2, 0.25) is 0 Å². The predicted molar refractivity (Wildman–Crippen MR) is 71.3 cm³/mol. The lowest BCUT2D eigenvalue weighted by molar-refractivity contribution is 0.0692. The number of amides is 1. The largest absolute Gasteiger partial charge is 0.396 e. The molecule has 5 nitrogen and oxygen atoms in total. The van der Waals surface area contributed by atoms with Gasteiger partial charge in [0.2, 0.25) is 0 Å². The summed E-state index contributed by atoms with van der Waals surface area (Å²) in [6, 6.07) is 0.283. The average molecular weight is 250 g/mol. The highest BCUT2D eigenvalue weighted by atomic mass is 16.2. The summed E-state index contributed by atoms with van der Waals surface area (Å²) in [4.78, 5) is 14.4. The Morgan fingerprint density at radius 2 is 2.28 bits per heavy atom. The number of anilines is 1. The van der Waals surface area contributed by atoms with Crippen molar-refractivity contribution < 1.29 is 4.79 Å². The van der Waals surface area contributed by atoms with Crippen molar-refractivity contribution in [2.24, 2.45) is 0 Å². The minimum atomic E-state index is -0.0194. The normalized spacial score (nSPS) is 20.8. The van der Waals surface area contributed by atoms with Gasteiger partial charge in [0.15, 0.2) is 5.69 Å². The minimum Gasteiger partial charge on any atom is -0.396 e. The molecule has 0 aliphatic carbocycles. The monoisotopic (exact) mass is 250 g/mol. The summed E-state index contributed by atoms with van der Waals surface area (Å²) < 4.78 is 1.71. The molecule has 1 amide bonds. The molecule has 2 rings (SSSR count). The van der Waals surface area contributed by atoms with E-state index in [2.05, 4.69) is 12.0 Å². The van der Waals surface area contributed by atoms with Crippen molar-refractivity contribution in [1.29, 1.82) is 0 Å². The Balaban J connectivity index is 2.20. The third-order valence-corrected chi connectivity index (χ3v) is 3.63. The number of aromatic nitrogens is 2. The molecule has 2 N–H and O–H groups in total. The second-order valence-corrected chi connectivity index (χ2v) is 4.99. The van der Waals surface area contributed by atoms with Crippen molar-refractivity contribution in [2.75, 3.05) is 12.3 Å². The number of nitrogens with zero attached hydrogens (tertiary/aromatic N) is 3. The smallest absolute Gasteiger partial charge is 0.276 e. The maximum atomic E-state index is 12.5. The average Bonchev–Trinajstić information content (AvgIpc) is 2.60. The predicted octanol–water partition coefficient (Wildman–Crippen LogP) is 1.89. The van der Waals surface area contributed by atoms with Crippen LogP contribution in [-0.2, 0) is 6.54 Å². The standard InChI is InChI=1S/C13H22N4O/c1-3-16-9-11(14)12(15-16)13(18)17-8-6-4-5-7-10(17)2/h9-10H,3-8,14H2,1-2H3. The molecule has 18 heavy (non-hydrogen) atoms. The van der Waals surface area contributed by atoms with Crippen LogP contribution in [0, 0.1) is 0 Å². The first-order valence-electron chi connectivity index (χ1n) is 6.77. The van der Waals surface area contributed by atoms with E-state index in [0.717, 1.165) is 25.9 Å². The first-order chi connectivity index (χ1) is 8.63. The molecular weight excluding hydrogens is 228 g/mol. The van der Waals surface area contributed by atoms with Gasteiger partial charge in [0.1, 0.15) is 0 Å². The Bertz CT molecular complexity index is 427. The van der Waals surface area contributed by atoms with Gasteiger partial charge in [0.05, 0.1) is 5.69 Å². The van der Waals surface area contributed by atoms with Crippen molar-refractivity contribution in [3.8, 4) is 0 Å². The van der Waals surface area contributed by atoms with E-state index >= 15 is 0 Å². The summed E-state index contributed by atoms with van der Waals surface area (Å²) in [7, 11) is 0. The Morgan fingerprint density at radius 3 is 2.94 bits per heavy atom. The molecule has 1 atom stereocenters. The highest BCUT2D eigenvalue weighted by molar-refractivity contribution is 5.97. The van der Waals surface area contributed by atoms with Gasteiger partial charge in [-0.1, -0.05) is 12.8 Å². The zero-order valence-corrected chi connectivity index (χ0v) is 11.2. The molecule has 1 aliphatic heterocycles. The van der Waals surface area contributed by atoms with E-state index in [1.807, 2.05) is 11.8 Å². The number of aryl methyl sites for hydroxylation is 1. The van der Waals surface area contributed by atoms with Crippen molar-refractivity contribution in [1.82, 2.24) is 14.7 Å². The molecule has 5 heteroatoms. The molecule has 2 heterocycles. The van der Waals surface area contributed by atoms with E-state index in [0.29, 0.717) is 11.4 Å². The maximum absolute atomic E-state index is 12.5. The van der Waals surface area contributed by atoms with Crippen LogP contribution in [0.5, 0.6) is 0 Å². The summed E-state index contributed by atoms with van der Waals surface area (Å²) in [6.45, 7) is 5.64. The molecule has 1 aromatic heterocycles. The van der Waals surface area contributed by atoms with Gasteiger partial charge in [-0.05, 0) is 26.7 Å². The first-order valence-corrected chi connectivity index (χ1v) is 6.77. The first kappa shape index (κ1) is 12.9.